The summed E-state index contributed by atoms with van der Waals surface area (Å²) in [6.07, 6.45) is 4.88. The van der Waals surface area contributed by atoms with E-state index in [0.29, 0.717) is 22.7 Å². The Morgan fingerprint density at radius 2 is 2.35 bits per heavy atom. The molecule has 0 saturated carbocycles. The Morgan fingerprint density at radius 3 is 3.00 bits per heavy atom. The molecule has 1 aromatic rings. The fourth-order valence-corrected chi connectivity index (χ4v) is 2.91. The minimum absolute atomic E-state index is 0.326. The Labute approximate surface area is 125 Å². The Balaban J connectivity index is 1.95. The van der Waals surface area contributed by atoms with Gasteiger partial charge in [0.25, 0.3) is 0 Å². The van der Waals surface area contributed by atoms with Crippen LogP contribution in [0.1, 0.15) is 43.0 Å². The number of anilines is 1. The van der Waals surface area contributed by atoms with Crippen molar-refractivity contribution in [1.82, 2.24) is 5.32 Å². The molecule has 20 heavy (non-hydrogen) atoms. The topological polar surface area (TPSA) is 67.2 Å². The van der Waals surface area contributed by atoms with Gasteiger partial charge in [0.2, 0.25) is 5.91 Å². The summed E-state index contributed by atoms with van der Waals surface area (Å²) in [5, 5.41) is 7.34. The minimum atomic E-state index is -0.500. The van der Waals surface area contributed by atoms with Gasteiger partial charge in [-0.2, -0.15) is 0 Å². The van der Waals surface area contributed by atoms with Gasteiger partial charge in [-0.3, -0.25) is 4.79 Å². The molecule has 5 heteroatoms. The van der Waals surface area contributed by atoms with Crippen LogP contribution in [0.2, 0.25) is 5.02 Å². The highest BCUT2D eigenvalue weighted by molar-refractivity contribution is 6.33. The average Bonchev–Trinajstić information content (AvgIpc) is 2.41. The number of amides is 1. The number of carbonyl (C=O) groups is 1. The van der Waals surface area contributed by atoms with Gasteiger partial charge in [0.1, 0.15) is 0 Å². The zero-order chi connectivity index (χ0) is 14.5. The molecule has 2 unspecified atom stereocenters. The van der Waals surface area contributed by atoms with Crippen molar-refractivity contribution < 1.29 is 4.79 Å². The highest BCUT2D eigenvalue weighted by Crippen LogP contribution is 2.21. The highest BCUT2D eigenvalue weighted by atomic mass is 35.5. The number of primary amides is 1. The summed E-state index contributed by atoms with van der Waals surface area (Å²) in [7, 11) is 0. The van der Waals surface area contributed by atoms with Gasteiger partial charge in [0.05, 0.1) is 10.6 Å². The minimum Gasteiger partial charge on any atom is -0.383 e. The van der Waals surface area contributed by atoms with E-state index < -0.39 is 5.91 Å². The number of carbonyl (C=O) groups excluding carboxylic acids is 1. The summed E-state index contributed by atoms with van der Waals surface area (Å²) in [5.74, 6) is -0.500. The third-order valence-corrected chi connectivity index (χ3v) is 4.02. The van der Waals surface area contributed by atoms with Crippen LogP contribution in [0.15, 0.2) is 18.2 Å². The van der Waals surface area contributed by atoms with Crippen LogP contribution in [0.25, 0.3) is 0 Å². The van der Waals surface area contributed by atoms with E-state index in [0.717, 1.165) is 18.7 Å². The van der Waals surface area contributed by atoms with Gasteiger partial charge in [-0.05, 0) is 50.9 Å². The van der Waals surface area contributed by atoms with Crippen molar-refractivity contribution in [2.24, 2.45) is 5.73 Å². The predicted octanol–water partition coefficient (Wildman–Crippen LogP) is 2.77. The van der Waals surface area contributed by atoms with Gasteiger partial charge in [0, 0.05) is 17.8 Å². The molecule has 0 aromatic heterocycles. The molecule has 1 saturated heterocycles. The van der Waals surface area contributed by atoms with E-state index in [1.807, 2.05) is 6.07 Å². The van der Waals surface area contributed by atoms with Crippen LogP contribution in [0, 0.1) is 0 Å². The van der Waals surface area contributed by atoms with E-state index in [1.54, 1.807) is 12.1 Å². The fourth-order valence-electron chi connectivity index (χ4n) is 2.70. The largest absolute Gasteiger partial charge is 0.383 e. The number of rotatable bonds is 5. The number of halogens is 1. The maximum Gasteiger partial charge on any atom is 0.250 e. The zero-order valence-corrected chi connectivity index (χ0v) is 12.5. The lowest BCUT2D eigenvalue weighted by atomic mass is 9.98. The number of nitrogens with two attached hydrogens (primary N) is 1. The van der Waals surface area contributed by atoms with E-state index >= 15 is 0 Å². The van der Waals surface area contributed by atoms with Crippen LogP contribution in [0.3, 0.4) is 0 Å². The third-order valence-electron chi connectivity index (χ3n) is 3.70. The first-order valence-corrected chi connectivity index (χ1v) is 7.53. The molecule has 1 fully saturated rings. The summed E-state index contributed by atoms with van der Waals surface area (Å²) in [5.41, 5.74) is 6.54. The lowest BCUT2D eigenvalue weighted by molar-refractivity contribution is 0.100. The second-order valence-corrected chi connectivity index (χ2v) is 5.89. The van der Waals surface area contributed by atoms with E-state index in [-0.39, 0.29) is 0 Å². The maximum atomic E-state index is 11.3. The van der Waals surface area contributed by atoms with Gasteiger partial charge in [-0.1, -0.05) is 18.0 Å². The van der Waals surface area contributed by atoms with Crippen LogP contribution < -0.4 is 16.4 Å². The molecule has 4 nitrogen and oxygen atoms in total. The average molecular weight is 296 g/mol. The normalized spacial score (nSPS) is 20.4. The van der Waals surface area contributed by atoms with Gasteiger partial charge in [-0.25, -0.2) is 0 Å². The smallest absolute Gasteiger partial charge is 0.250 e. The molecule has 1 heterocycles. The first-order chi connectivity index (χ1) is 9.56. The van der Waals surface area contributed by atoms with Crippen LogP contribution in [0.5, 0.6) is 0 Å². The van der Waals surface area contributed by atoms with Crippen molar-refractivity contribution >= 4 is 23.2 Å². The molecule has 110 valence electrons. The molecule has 2 rings (SSSR count). The van der Waals surface area contributed by atoms with Crippen LogP contribution in [0.4, 0.5) is 5.69 Å². The Bertz CT molecular complexity index is 472. The highest BCUT2D eigenvalue weighted by Gasteiger charge is 2.16. The van der Waals surface area contributed by atoms with Crippen molar-refractivity contribution in [3.63, 3.8) is 0 Å². The van der Waals surface area contributed by atoms with Crippen LogP contribution in [-0.2, 0) is 0 Å². The Morgan fingerprint density at radius 1 is 1.55 bits per heavy atom. The quantitative estimate of drug-likeness (QED) is 0.782. The molecule has 1 amide bonds. The van der Waals surface area contributed by atoms with E-state index in [9.17, 15) is 4.79 Å². The number of hydrogen-bond donors (Lipinski definition) is 3. The first-order valence-electron chi connectivity index (χ1n) is 7.15. The first kappa shape index (κ1) is 15.1. The van der Waals surface area contributed by atoms with Gasteiger partial charge >= 0.3 is 0 Å². The number of benzene rings is 1. The zero-order valence-electron chi connectivity index (χ0n) is 11.8. The molecule has 0 radical (unpaired) electrons. The molecule has 0 spiro atoms. The molecular formula is C15H22ClN3O. The fraction of sp³-hybridized carbons (Fsp3) is 0.533. The molecule has 1 aromatic carbocycles. The van der Waals surface area contributed by atoms with Crippen LogP contribution in [-0.4, -0.2) is 24.5 Å². The van der Waals surface area contributed by atoms with Gasteiger partial charge < -0.3 is 16.4 Å². The number of hydrogen-bond acceptors (Lipinski definition) is 3. The monoisotopic (exact) mass is 295 g/mol. The molecule has 2 atom stereocenters. The summed E-state index contributed by atoms with van der Waals surface area (Å²) >= 11 is 5.94. The SMILES string of the molecule is CC(CC1CCCCN1)Nc1ccc(Cl)c(C(N)=O)c1. The maximum absolute atomic E-state index is 11.3. The summed E-state index contributed by atoms with van der Waals surface area (Å²) < 4.78 is 0. The second-order valence-electron chi connectivity index (χ2n) is 5.49. The summed E-state index contributed by atoms with van der Waals surface area (Å²) in [6, 6.07) is 6.20. The lowest BCUT2D eigenvalue weighted by Crippen LogP contribution is -2.37. The van der Waals surface area contributed by atoms with E-state index in [2.05, 4.69) is 17.6 Å². The summed E-state index contributed by atoms with van der Waals surface area (Å²) in [6.45, 7) is 3.26. The molecule has 0 bridgehead atoms. The summed E-state index contributed by atoms with van der Waals surface area (Å²) in [4.78, 5) is 11.3. The standard InChI is InChI=1S/C15H22ClN3O/c1-10(8-11-4-2-3-7-18-11)19-12-5-6-14(16)13(9-12)15(17)20/h5-6,9-11,18-19H,2-4,7-8H2,1H3,(H2,17,20). The molecule has 1 aliphatic heterocycles. The van der Waals surface area contributed by atoms with Crippen LogP contribution >= 0.6 is 11.6 Å². The second kappa shape index (κ2) is 6.95. The van der Waals surface area contributed by atoms with E-state index in [1.165, 1.54) is 19.3 Å². The third kappa shape index (κ3) is 4.12. The van der Waals surface area contributed by atoms with Crippen molar-refractivity contribution in [3.05, 3.63) is 28.8 Å². The van der Waals surface area contributed by atoms with Crippen molar-refractivity contribution in [1.29, 1.82) is 0 Å². The molecule has 1 aliphatic rings. The van der Waals surface area contributed by atoms with Crippen molar-refractivity contribution in [2.75, 3.05) is 11.9 Å². The van der Waals surface area contributed by atoms with Gasteiger partial charge in [-0.15, -0.1) is 0 Å². The number of piperidine rings is 1. The molecule has 4 N–H and O–H groups in total. The molecular weight excluding hydrogens is 274 g/mol. The predicted molar refractivity (Wildman–Crippen MR) is 83.3 cm³/mol. The van der Waals surface area contributed by atoms with Gasteiger partial charge in [0.15, 0.2) is 0 Å². The Kier molecular flexibility index (Phi) is 5.26. The van der Waals surface area contributed by atoms with Crippen molar-refractivity contribution in [3.8, 4) is 0 Å². The molecule has 0 aliphatic carbocycles. The van der Waals surface area contributed by atoms with E-state index in [4.69, 9.17) is 17.3 Å². The lowest BCUT2D eigenvalue weighted by Gasteiger charge is -2.27. The van der Waals surface area contributed by atoms with Crippen molar-refractivity contribution in [2.45, 2.75) is 44.7 Å². The Hall–Kier alpha value is -1.26. The number of nitrogens with one attached hydrogen (secondary N) is 2.